The number of benzene rings is 1. The van der Waals surface area contributed by atoms with Crippen molar-refractivity contribution in [1.29, 1.82) is 0 Å². The van der Waals surface area contributed by atoms with Gasteiger partial charge in [0.2, 0.25) is 11.1 Å². The number of nitrogens with zero attached hydrogens (tertiary/aromatic N) is 4. The molecule has 1 amide bonds. The molecule has 158 valence electrons. The summed E-state index contributed by atoms with van der Waals surface area (Å²) in [6.07, 6.45) is 1.18. The lowest BCUT2D eigenvalue weighted by atomic mass is 9.92. The van der Waals surface area contributed by atoms with Gasteiger partial charge in [0.25, 0.3) is 0 Å². The van der Waals surface area contributed by atoms with Gasteiger partial charge in [-0.3, -0.25) is 4.79 Å². The summed E-state index contributed by atoms with van der Waals surface area (Å²) in [6, 6.07) is 8.01. The van der Waals surface area contributed by atoms with E-state index >= 15 is 0 Å². The molecule has 2 aromatic rings. The van der Waals surface area contributed by atoms with Gasteiger partial charge in [-0.25, -0.2) is 4.68 Å². The molecule has 2 N–H and O–H groups in total. The molecule has 2 atom stereocenters. The molecule has 1 aromatic heterocycles. The monoisotopic (exact) mass is 417 g/mol. The van der Waals surface area contributed by atoms with Gasteiger partial charge in [-0.1, -0.05) is 51.6 Å². The number of carbonyl (C=O) groups is 1. The van der Waals surface area contributed by atoms with Crippen LogP contribution in [0.4, 0.5) is 0 Å². The summed E-state index contributed by atoms with van der Waals surface area (Å²) >= 11 is 1.32. The Morgan fingerprint density at radius 3 is 2.48 bits per heavy atom. The quantitative estimate of drug-likeness (QED) is 0.549. The Hall–Kier alpha value is -2.22. The normalized spacial score (nSPS) is 19.6. The second kappa shape index (κ2) is 9.52. The molecule has 0 bridgehead atoms. The van der Waals surface area contributed by atoms with Gasteiger partial charge in [-0.15, -0.1) is 10.2 Å². The molecule has 1 aliphatic heterocycles. The lowest BCUT2D eigenvalue weighted by Crippen LogP contribution is -2.43. The zero-order valence-corrected chi connectivity index (χ0v) is 18.5. The van der Waals surface area contributed by atoms with E-state index in [-0.39, 0.29) is 12.5 Å². The molecule has 8 heteroatoms. The molecule has 1 saturated heterocycles. The van der Waals surface area contributed by atoms with Gasteiger partial charge in [0, 0.05) is 13.1 Å². The number of hydrogen-bond donors (Lipinski definition) is 1. The van der Waals surface area contributed by atoms with Crippen LogP contribution in [0, 0.1) is 11.8 Å². The predicted octanol–water partition coefficient (Wildman–Crippen LogP) is 3.29. The fraction of sp³-hybridized carbons (Fsp3) is 0.571. The number of amides is 1. The van der Waals surface area contributed by atoms with E-state index in [1.807, 2.05) is 17.0 Å². The van der Waals surface area contributed by atoms with E-state index in [2.05, 4.69) is 50.0 Å². The molecule has 3 rings (SSSR count). The molecule has 1 aliphatic rings. The van der Waals surface area contributed by atoms with Crippen molar-refractivity contribution >= 4 is 17.7 Å². The Balaban J connectivity index is 1.52. The predicted molar refractivity (Wildman–Crippen MR) is 115 cm³/mol. The van der Waals surface area contributed by atoms with E-state index in [1.165, 1.54) is 28.4 Å². The smallest absolute Gasteiger partial charge is 0.233 e. The molecule has 0 aliphatic carbocycles. The van der Waals surface area contributed by atoms with Crippen molar-refractivity contribution in [2.45, 2.75) is 51.8 Å². The van der Waals surface area contributed by atoms with Crippen molar-refractivity contribution in [2.24, 2.45) is 11.8 Å². The highest BCUT2D eigenvalue weighted by Gasteiger charge is 2.25. The Kier molecular flexibility index (Phi) is 7.05. The number of thioether (sulfide) groups is 1. The average Bonchev–Trinajstić information content (AvgIpc) is 3.03. The summed E-state index contributed by atoms with van der Waals surface area (Å²) in [5, 5.41) is 8.74. The van der Waals surface area contributed by atoms with E-state index in [1.54, 1.807) is 0 Å². The highest BCUT2D eigenvalue weighted by Crippen LogP contribution is 2.23. The van der Waals surface area contributed by atoms with Crippen molar-refractivity contribution in [3.05, 3.63) is 35.7 Å². The van der Waals surface area contributed by atoms with Gasteiger partial charge in [0.1, 0.15) is 12.4 Å². The zero-order valence-electron chi connectivity index (χ0n) is 17.7. The first-order valence-corrected chi connectivity index (χ1v) is 11.1. The average molecular weight is 418 g/mol. The van der Waals surface area contributed by atoms with Crippen LogP contribution in [0.1, 0.15) is 51.4 Å². The lowest BCUT2D eigenvalue weighted by molar-refractivity contribution is -0.130. The summed E-state index contributed by atoms with van der Waals surface area (Å²) in [5.41, 5.74) is 1.26. The van der Waals surface area contributed by atoms with Crippen LogP contribution < -0.4 is 10.6 Å². The van der Waals surface area contributed by atoms with Crippen LogP contribution in [0.3, 0.4) is 0 Å². The summed E-state index contributed by atoms with van der Waals surface area (Å²) in [6.45, 7) is 10.6. The van der Waals surface area contributed by atoms with Crippen LogP contribution in [0.2, 0.25) is 0 Å². The van der Waals surface area contributed by atoms with Gasteiger partial charge >= 0.3 is 0 Å². The van der Waals surface area contributed by atoms with Crippen LogP contribution >= 0.6 is 11.8 Å². The highest BCUT2D eigenvalue weighted by molar-refractivity contribution is 7.99. The number of rotatable bonds is 7. The number of hydrogen-bond acceptors (Lipinski definition) is 6. The third-order valence-corrected chi connectivity index (χ3v) is 6.12. The Morgan fingerprint density at radius 1 is 1.21 bits per heavy atom. The molecule has 1 aromatic carbocycles. The SMILES string of the molecule is CC(C)c1ccc(OCc2nnc(SCC(=O)N3C[C@@H](C)C[C@H](C)C3)n2N)cc1. The van der Waals surface area contributed by atoms with Crippen molar-refractivity contribution in [3.8, 4) is 5.75 Å². The first-order valence-electron chi connectivity index (χ1n) is 10.2. The first kappa shape index (κ1) is 21.5. The fourth-order valence-corrected chi connectivity index (χ4v) is 4.46. The van der Waals surface area contributed by atoms with E-state index in [4.69, 9.17) is 10.6 Å². The standard InChI is InChI=1S/C21H31N5O2S/c1-14(2)17-5-7-18(8-6-17)28-12-19-23-24-21(26(19)22)29-13-20(27)25-10-15(3)9-16(4)11-25/h5-8,14-16H,9-13,22H2,1-4H3/t15-,16-/m0/s1. The van der Waals surface area contributed by atoms with Crippen molar-refractivity contribution in [2.75, 3.05) is 24.7 Å². The minimum Gasteiger partial charge on any atom is -0.486 e. The van der Waals surface area contributed by atoms with Gasteiger partial charge in [-0.2, -0.15) is 0 Å². The fourth-order valence-electron chi connectivity index (χ4n) is 3.69. The summed E-state index contributed by atoms with van der Waals surface area (Å²) < 4.78 is 7.18. The third kappa shape index (κ3) is 5.65. The number of aromatic nitrogens is 3. The van der Waals surface area contributed by atoms with Crippen LogP contribution in [-0.4, -0.2) is 44.5 Å². The van der Waals surface area contributed by atoms with Gasteiger partial charge in [-0.05, 0) is 41.9 Å². The van der Waals surface area contributed by atoms with E-state index in [0.29, 0.717) is 34.5 Å². The maximum atomic E-state index is 12.5. The molecular formula is C21H31N5O2S. The van der Waals surface area contributed by atoms with Gasteiger partial charge in [0.15, 0.2) is 5.82 Å². The number of nitrogens with two attached hydrogens (primary N) is 1. The number of nitrogen functional groups attached to an aromatic ring is 1. The molecule has 29 heavy (non-hydrogen) atoms. The van der Waals surface area contributed by atoms with Crippen LogP contribution in [0.25, 0.3) is 0 Å². The van der Waals surface area contributed by atoms with E-state index in [9.17, 15) is 4.79 Å². The number of carbonyl (C=O) groups excluding carboxylic acids is 1. The van der Waals surface area contributed by atoms with E-state index < -0.39 is 0 Å². The minimum absolute atomic E-state index is 0.124. The molecule has 7 nitrogen and oxygen atoms in total. The molecule has 1 fully saturated rings. The lowest BCUT2D eigenvalue weighted by Gasteiger charge is -2.34. The molecular weight excluding hydrogens is 386 g/mol. The maximum Gasteiger partial charge on any atom is 0.233 e. The van der Waals surface area contributed by atoms with Gasteiger partial charge in [0.05, 0.1) is 5.75 Å². The third-order valence-electron chi connectivity index (χ3n) is 5.20. The summed E-state index contributed by atoms with van der Waals surface area (Å²) in [4.78, 5) is 14.5. The summed E-state index contributed by atoms with van der Waals surface area (Å²) in [7, 11) is 0. The number of piperidine rings is 1. The van der Waals surface area contributed by atoms with Gasteiger partial charge < -0.3 is 15.5 Å². The van der Waals surface area contributed by atoms with Crippen LogP contribution in [-0.2, 0) is 11.4 Å². The second-order valence-corrected chi connectivity index (χ2v) is 9.26. The molecule has 0 spiro atoms. The maximum absolute atomic E-state index is 12.5. The minimum atomic E-state index is 0.124. The Labute approximate surface area is 177 Å². The largest absolute Gasteiger partial charge is 0.486 e. The molecule has 0 radical (unpaired) electrons. The summed E-state index contributed by atoms with van der Waals surface area (Å²) in [5.74, 6) is 9.40. The second-order valence-electron chi connectivity index (χ2n) is 8.31. The van der Waals surface area contributed by atoms with Crippen molar-refractivity contribution in [1.82, 2.24) is 19.8 Å². The number of ether oxygens (including phenoxy) is 1. The van der Waals surface area contributed by atoms with Crippen molar-refractivity contribution < 1.29 is 9.53 Å². The molecule has 2 heterocycles. The molecule has 0 unspecified atom stereocenters. The Morgan fingerprint density at radius 2 is 1.86 bits per heavy atom. The van der Waals surface area contributed by atoms with Crippen molar-refractivity contribution in [3.63, 3.8) is 0 Å². The topological polar surface area (TPSA) is 86.3 Å². The zero-order chi connectivity index (χ0) is 21.0. The molecule has 0 saturated carbocycles. The van der Waals surface area contributed by atoms with Crippen LogP contribution in [0.15, 0.2) is 29.4 Å². The van der Waals surface area contributed by atoms with Crippen LogP contribution in [0.5, 0.6) is 5.75 Å². The number of likely N-dealkylation sites (tertiary alicyclic amines) is 1. The highest BCUT2D eigenvalue weighted by atomic mass is 32.2. The Bertz CT molecular complexity index is 811. The van der Waals surface area contributed by atoms with E-state index in [0.717, 1.165) is 18.8 Å². The first-order chi connectivity index (χ1) is 13.8.